The summed E-state index contributed by atoms with van der Waals surface area (Å²) in [4.78, 5) is 0. The number of nitrogens with zero attached hydrogens (tertiary/aromatic N) is 1. The Bertz CT molecular complexity index is 2250. The zero-order valence-electron chi connectivity index (χ0n) is 30.4. The van der Waals surface area contributed by atoms with E-state index in [-0.39, 0.29) is 5.41 Å². The van der Waals surface area contributed by atoms with Gasteiger partial charge in [-0.3, -0.25) is 0 Å². The second-order valence-electron chi connectivity index (χ2n) is 14.2. The third kappa shape index (κ3) is 6.89. The number of para-hydroxylation sites is 1. The van der Waals surface area contributed by atoms with Crippen molar-refractivity contribution in [2.24, 2.45) is 10.9 Å². The second-order valence-corrected chi connectivity index (χ2v) is 14.2. The molecule has 0 radical (unpaired) electrons. The van der Waals surface area contributed by atoms with Gasteiger partial charge in [0, 0.05) is 23.3 Å². The molecule has 52 heavy (non-hydrogen) atoms. The van der Waals surface area contributed by atoms with Crippen LogP contribution in [0.1, 0.15) is 74.3 Å². The smallest absolute Gasteiger partial charge is 0.178 e. The van der Waals surface area contributed by atoms with Crippen molar-refractivity contribution in [1.29, 1.82) is 0 Å². The summed E-state index contributed by atoms with van der Waals surface area (Å²) in [6, 6.07) is 36.8. The van der Waals surface area contributed by atoms with E-state index >= 15 is 0 Å². The van der Waals surface area contributed by atoms with Crippen molar-refractivity contribution in [3.63, 3.8) is 0 Å². The van der Waals surface area contributed by atoms with Crippen molar-refractivity contribution in [2.75, 3.05) is 0 Å². The Morgan fingerprint density at radius 1 is 0.692 bits per heavy atom. The topological polar surface area (TPSA) is 56.8 Å². The van der Waals surface area contributed by atoms with Crippen LogP contribution in [0.5, 0.6) is 23.0 Å². The van der Waals surface area contributed by atoms with E-state index in [9.17, 15) is 0 Å². The van der Waals surface area contributed by atoms with Crippen LogP contribution in [0.3, 0.4) is 0 Å². The molecule has 0 amide bonds. The first-order chi connectivity index (χ1) is 25.4. The largest absolute Gasteiger partial charge is 0.449 e. The fourth-order valence-electron chi connectivity index (χ4n) is 7.66. The van der Waals surface area contributed by atoms with Gasteiger partial charge < -0.3 is 15.3 Å². The maximum Gasteiger partial charge on any atom is 0.178 e. The Morgan fingerprint density at radius 2 is 1.37 bits per heavy atom. The Labute approximate surface area is 308 Å². The monoisotopic (exact) mass is 682 g/mol. The van der Waals surface area contributed by atoms with E-state index in [0.29, 0.717) is 0 Å². The molecule has 3 aliphatic carbocycles. The van der Waals surface area contributed by atoms with E-state index in [2.05, 4.69) is 172 Å². The molecular formula is C48H46N2O2. The first kappa shape index (κ1) is 34.6. The number of rotatable bonds is 4. The molecule has 2 N–H and O–H groups in total. The quantitative estimate of drug-likeness (QED) is 0.114. The normalized spacial score (nSPS) is 15.3. The predicted octanol–water partition coefficient (Wildman–Crippen LogP) is 12.7. The van der Waals surface area contributed by atoms with Gasteiger partial charge in [-0.25, -0.2) is 0 Å². The number of hydrogen-bond donors (Lipinski definition) is 1. The lowest BCUT2D eigenvalue weighted by Gasteiger charge is -2.27. The minimum atomic E-state index is -0.0904. The van der Waals surface area contributed by atoms with Crippen molar-refractivity contribution < 1.29 is 9.47 Å². The third-order valence-electron chi connectivity index (χ3n) is 10.3. The van der Waals surface area contributed by atoms with Gasteiger partial charge in [0.1, 0.15) is 0 Å². The van der Waals surface area contributed by atoms with Crippen LogP contribution in [0.2, 0.25) is 0 Å². The maximum absolute atomic E-state index is 6.74. The molecule has 0 bridgehead atoms. The molecule has 4 aliphatic rings. The van der Waals surface area contributed by atoms with Gasteiger partial charge in [0.2, 0.25) is 0 Å². The number of nitrogens with two attached hydrogens (primary N) is 1. The van der Waals surface area contributed by atoms with Crippen LogP contribution in [0.25, 0.3) is 27.8 Å². The van der Waals surface area contributed by atoms with Crippen LogP contribution < -0.4 is 15.3 Å². The highest BCUT2D eigenvalue weighted by Gasteiger charge is 2.39. The van der Waals surface area contributed by atoms with Crippen molar-refractivity contribution >= 4 is 12.3 Å². The van der Waals surface area contributed by atoms with Crippen molar-refractivity contribution in [3.8, 4) is 45.3 Å². The fourth-order valence-corrected chi connectivity index (χ4v) is 7.66. The van der Waals surface area contributed by atoms with Crippen LogP contribution in [0.4, 0.5) is 0 Å². The molecule has 0 saturated heterocycles. The molecule has 4 nitrogen and oxygen atoms in total. The molecular weight excluding hydrogens is 637 g/mol. The zero-order chi connectivity index (χ0) is 36.1. The van der Waals surface area contributed by atoms with E-state index in [1.165, 1.54) is 62.9 Å². The standard InChI is InChI=1S/C40H32O2.C7H10.CH4N2/c1-40(2)33-20-9-8-18-32(33)37-34(40)22-23-36-39(37)42-35-21-11-19-31(38(35)41-36)30-17-7-6-15-29(30)25-26-12-10-16-28(24-26)27-13-4-3-5-14-27;1-7-5-3-2-4-6-7;1-3-2/h3-4,6-13,15-24H,5,14,25H2,1-2H3;2-3,5H,4,6H2,1H3;1-2H2. The first-order valence-corrected chi connectivity index (χ1v) is 18.2. The minimum absolute atomic E-state index is 0.0904. The lowest BCUT2D eigenvalue weighted by atomic mass is 9.82. The summed E-state index contributed by atoms with van der Waals surface area (Å²) in [7, 11) is 0. The van der Waals surface area contributed by atoms with Crippen LogP contribution in [0, 0.1) is 0 Å². The van der Waals surface area contributed by atoms with Gasteiger partial charge >= 0.3 is 0 Å². The molecule has 0 atom stereocenters. The Balaban J connectivity index is 0.000000369. The molecule has 5 aromatic rings. The lowest BCUT2D eigenvalue weighted by Crippen LogP contribution is -2.15. The Hall–Kier alpha value is -5.87. The molecule has 0 fully saturated rings. The summed E-state index contributed by atoms with van der Waals surface area (Å²) in [6.07, 6.45) is 18.7. The second kappa shape index (κ2) is 15.2. The SMILES string of the molecule is C=NN.CC1(C)c2ccccc2-c2c1ccc1c2Oc2cccc(-c3ccccc3Cc3cccc(C4=CC=CCC4)c3)c2O1.CC1=CC=CCC1. The minimum Gasteiger partial charge on any atom is -0.449 e. The van der Waals surface area contributed by atoms with Gasteiger partial charge in [-0.15, -0.1) is 0 Å². The van der Waals surface area contributed by atoms with Gasteiger partial charge in [-0.1, -0.05) is 147 Å². The van der Waals surface area contributed by atoms with Crippen LogP contribution >= 0.6 is 0 Å². The molecule has 4 heteroatoms. The molecule has 1 heterocycles. The van der Waals surface area contributed by atoms with Crippen molar-refractivity contribution in [2.45, 2.75) is 58.3 Å². The summed E-state index contributed by atoms with van der Waals surface area (Å²) in [5.41, 5.74) is 13.9. The van der Waals surface area contributed by atoms with Gasteiger partial charge in [-0.05, 0) is 95.7 Å². The number of ether oxygens (including phenoxy) is 2. The van der Waals surface area contributed by atoms with Gasteiger partial charge in [-0.2, -0.15) is 5.10 Å². The third-order valence-corrected chi connectivity index (χ3v) is 10.3. The molecule has 0 spiro atoms. The van der Waals surface area contributed by atoms with Gasteiger partial charge in [0.05, 0.1) is 0 Å². The van der Waals surface area contributed by atoms with E-state index < -0.39 is 0 Å². The van der Waals surface area contributed by atoms with E-state index in [0.717, 1.165) is 53.4 Å². The molecule has 260 valence electrons. The molecule has 0 unspecified atom stereocenters. The highest BCUT2D eigenvalue weighted by atomic mass is 16.6. The van der Waals surface area contributed by atoms with Crippen LogP contribution in [-0.2, 0) is 11.8 Å². The van der Waals surface area contributed by atoms with Crippen molar-refractivity contribution in [1.82, 2.24) is 0 Å². The maximum atomic E-state index is 6.74. The van der Waals surface area contributed by atoms with Gasteiger partial charge in [0.25, 0.3) is 0 Å². The number of benzene rings is 5. The highest BCUT2D eigenvalue weighted by molar-refractivity contribution is 5.89. The van der Waals surface area contributed by atoms with E-state index in [1.54, 1.807) is 0 Å². The molecule has 5 aromatic carbocycles. The number of hydrogen-bond acceptors (Lipinski definition) is 4. The average Bonchev–Trinajstić information content (AvgIpc) is 3.42. The number of allylic oxidation sites excluding steroid dienone is 8. The summed E-state index contributed by atoms with van der Waals surface area (Å²) in [6.45, 7) is 9.63. The first-order valence-electron chi connectivity index (χ1n) is 18.2. The summed E-state index contributed by atoms with van der Waals surface area (Å²) >= 11 is 0. The molecule has 9 rings (SSSR count). The summed E-state index contributed by atoms with van der Waals surface area (Å²) in [5.74, 6) is 7.47. The van der Waals surface area contributed by atoms with Crippen LogP contribution in [-0.4, -0.2) is 6.72 Å². The summed E-state index contributed by atoms with van der Waals surface area (Å²) < 4.78 is 13.5. The predicted molar refractivity (Wildman–Crippen MR) is 217 cm³/mol. The molecule has 1 aliphatic heterocycles. The highest BCUT2D eigenvalue weighted by Crippen LogP contribution is 2.59. The Kier molecular flexibility index (Phi) is 10.1. The lowest BCUT2D eigenvalue weighted by molar-refractivity contribution is 0.361. The zero-order valence-corrected chi connectivity index (χ0v) is 30.4. The molecule has 0 aromatic heterocycles. The van der Waals surface area contributed by atoms with E-state index in [4.69, 9.17) is 9.47 Å². The number of fused-ring (bicyclic) bond motifs is 6. The van der Waals surface area contributed by atoms with E-state index in [1.807, 2.05) is 6.07 Å². The number of hydrazone groups is 1. The van der Waals surface area contributed by atoms with Crippen molar-refractivity contribution in [3.05, 3.63) is 173 Å². The molecule has 0 saturated carbocycles. The summed E-state index contributed by atoms with van der Waals surface area (Å²) in [5, 5.41) is 2.75. The average molecular weight is 683 g/mol. The fraction of sp³-hybridized carbons (Fsp3) is 0.188. The Morgan fingerprint density at radius 3 is 2.10 bits per heavy atom. The van der Waals surface area contributed by atoms with Gasteiger partial charge in [0.15, 0.2) is 23.0 Å². The van der Waals surface area contributed by atoms with Crippen LogP contribution in [0.15, 0.2) is 150 Å².